The van der Waals surface area contributed by atoms with E-state index < -0.39 is 6.29 Å². The largest absolute Gasteiger partial charge is 0.461 e. The smallest absolute Gasteiger partial charge is 0.217 e. The number of fused-ring (bicyclic) bond motifs is 1. The van der Waals surface area contributed by atoms with Crippen LogP contribution in [0.25, 0.3) is 6.08 Å². The van der Waals surface area contributed by atoms with Crippen LogP contribution in [0.5, 0.6) is 5.75 Å². The molecular weight excluding hydrogens is 204 g/mol. The van der Waals surface area contributed by atoms with E-state index in [1.54, 1.807) is 6.08 Å². The second-order valence-corrected chi connectivity index (χ2v) is 3.92. The summed E-state index contributed by atoms with van der Waals surface area (Å²) in [4.78, 5) is 0. The molecular formula is C13H16O3. The molecule has 1 unspecified atom stereocenters. The third-order valence-corrected chi connectivity index (χ3v) is 2.64. The first kappa shape index (κ1) is 11.2. The molecule has 1 aliphatic rings. The van der Waals surface area contributed by atoms with Crippen molar-refractivity contribution in [2.75, 3.05) is 6.61 Å². The van der Waals surface area contributed by atoms with Gasteiger partial charge in [0.2, 0.25) is 6.29 Å². The van der Waals surface area contributed by atoms with Crippen LogP contribution in [0.4, 0.5) is 0 Å². The molecule has 1 aliphatic heterocycles. The Kier molecular flexibility index (Phi) is 3.59. The maximum Gasteiger partial charge on any atom is 0.217 e. The highest BCUT2D eigenvalue weighted by Crippen LogP contribution is 2.27. The van der Waals surface area contributed by atoms with Gasteiger partial charge >= 0.3 is 0 Å². The topological polar surface area (TPSA) is 49.7 Å². The molecule has 0 aromatic heterocycles. The Labute approximate surface area is 95.0 Å². The molecule has 0 amide bonds. The quantitative estimate of drug-likeness (QED) is 0.760. The maximum atomic E-state index is 9.32. The summed E-state index contributed by atoms with van der Waals surface area (Å²) in [7, 11) is 0. The zero-order chi connectivity index (χ0) is 11.4. The normalized spacial score (nSPS) is 18.0. The van der Waals surface area contributed by atoms with E-state index >= 15 is 0 Å². The number of rotatable bonds is 4. The average Bonchev–Trinajstić information content (AvgIpc) is 2.29. The number of aliphatic hydroxyl groups excluding tert-OH is 2. The van der Waals surface area contributed by atoms with Gasteiger partial charge in [-0.15, -0.1) is 0 Å². The van der Waals surface area contributed by atoms with Crippen LogP contribution in [-0.4, -0.2) is 23.1 Å². The number of benzene rings is 1. The van der Waals surface area contributed by atoms with Gasteiger partial charge in [-0.25, -0.2) is 0 Å². The van der Waals surface area contributed by atoms with Crippen LogP contribution >= 0.6 is 0 Å². The monoisotopic (exact) mass is 220 g/mol. The van der Waals surface area contributed by atoms with Crippen LogP contribution in [0.1, 0.15) is 24.0 Å². The minimum atomic E-state index is -0.833. The van der Waals surface area contributed by atoms with Gasteiger partial charge in [0.15, 0.2) is 0 Å². The van der Waals surface area contributed by atoms with Crippen LogP contribution in [0, 0.1) is 0 Å². The van der Waals surface area contributed by atoms with Crippen LogP contribution < -0.4 is 4.74 Å². The lowest BCUT2D eigenvalue weighted by molar-refractivity contribution is 0.0230. The Morgan fingerprint density at radius 2 is 2.12 bits per heavy atom. The van der Waals surface area contributed by atoms with E-state index in [4.69, 9.17) is 9.84 Å². The molecule has 1 aromatic rings. The zero-order valence-electron chi connectivity index (χ0n) is 9.10. The van der Waals surface area contributed by atoms with E-state index in [0.717, 1.165) is 30.6 Å². The molecule has 0 saturated carbocycles. The summed E-state index contributed by atoms with van der Waals surface area (Å²) in [5.74, 6) is 0.733. The molecule has 3 heteroatoms. The molecule has 1 heterocycles. The molecule has 1 atom stereocenters. The SMILES string of the molecule is OCCCCc1ccc2c(c1)OC(O)C=C2. The van der Waals surface area contributed by atoms with Crippen molar-refractivity contribution in [3.63, 3.8) is 0 Å². The number of hydrogen-bond donors (Lipinski definition) is 2. The van der Waals surface area contributed by atoms with Crippen molar-refractivity contribution < 1.29 is 14.9 Å². The highest BCUT2D eigenvalue weighted by atomic mass is 16.6. The molecule has 0 spiro atoms. The summed E-state index contributed by atoms with van der Waals surface area (Å²) in [6.45, 7) is 0.239. The van der Waals surface area contributed by atoms with Crippen molar-refractivity contribution in [3.05, 3.63) is 35.4 Å². The Morgan fingerprint density at radius 3 is 2.94 bits per heavy atom. The maximum absolute atomic E-state index is 9.32. The third-order valence-electron chi connectivity index (χ3n) is 2.64. The summed E-state index contributed by atoms with van der Waals surface area (Å²) in [5, 5.41) is 18.0. The van der Waals surface area contributed by atoms with Crippen molar-refractivity contribution in [3.8, 4) is 5.75 Å². The molecule has 2 rings (SSSR count). The molecule has 0 bridgehead atoms. The van der Waals surface area contributed by atoms with Gasteiger partial charge in [0, 0.05) is 12.2 Å². The number of ether oxygens (including phenoxy) is 1. The van der Waals surface area contributed by atoms with E-state index in [2.05, 4.69) is 6.07 Å². The lowest BCUT2D eigenvalue weighted by atomic mass is 10.0. The Balaban J connectivity index is 2.07. The van der Waals surface area contributed by atoms with E-state index in [1.165, 1.54) is 5.56 Å². The fraction of sp³-hybridized carbons (Fsp3) is 0.385. The molecule has 3 nitrogen and oxygen atoms in total. The first-order valence-corrected chi connectivity index (χ1v) is 5.56. The van der Waals surface area contributed by atoms with Crippen molar-refractivity contribution in [1.82, 2.24) is 0 Å². The summed E-state index contributed by atoms with van der Waals surface area (Å²) < 4.78 is 5.30. The van der Waals surface area contributed by atoms with Gasteiger partial charge in [-0.05, 0) is 43.0 Å². The van der Waals surface area contributed by atoms with Crippen LogP contribution in [0.3, 0.4) is 0 Å². The summed E-state index contributed by atoms with van der Waals surface area (Å²) >= 11 is 0. The number of aliphatic hydroxyl groups is 2. The Bertz CT molecular complexity index is 385. The molecule has 2 N–H and O–H groups in total. The summed E-state index contributed by atoms with van der Waals surface area (Å²) in [5.41, 5.74) is 2.17. The molecule has 0 saturated heterocycles. The zero-order valence-corrected chi connectivity index (χ0v) is 9.10. The molecule has 16 heavy (non-hydrogen) atoms. The average molecular weight is 220 g/mol. The van der Waals surface area contributed by atoms with Gasteiger partial charge < -0.3 is 14.9 Å². The molecule has 1 aromatic carbocycles. The fourth-order valence-electron chi connectivity index (χ4n) is 1.77. The van der Waals surface area contributed by atoms with E-state index in [-0.39, 0.29) is 6.61 Å². The predicted octanol–water partition coefficient (Wildman–Crippen LogP) is 1.73. The second kappa shape index (κ2) is 5.14. The summed E-state index contributed by atoms with van der Waals surface area (Å²) in [6.07, 6.45) is 5.36. The molecule has 0 aliphatic carbocycles. The molecule has 0 fully saturated rings. The van der Waals surface area contributed by atoms with Gasteiger partial charge in [0.25, 0.3) is 0 Å². The van der Waals surface area contributed by atoms with E-state index in [9.17, 15) is 5.11 Å². The lowest BCUT2D eigenvalue weighted by Crippen LogP contribution is -2.15. The van der Waals surface area contributed by atoms with E-state index in [1.807, 2.05) is 18.2 Å². The first-order valence-electron chi connectivity index (χ1n) is 5.56. The van der Waals surface area contributed by atoms with Gasteiger partial charge in [-0.1, -0.05) is 12.1 Å². The van der Waals surface area contributed by atoms with Crippen molar-refractivity contribution >= 4 is 6.08 Å². The van der Waals surface area contributed by atoms with Gasteiger partial charge in [-0.3, -0.25) is 0 Å². The Morgan fingerprint density at radius 1 is 1.25 bits per heavy atom. The summed E-state index contributed by atoms with van der Waals surface area (Å²) in [6, 6.07) is 6.01. The van der Waals surface area contributed by atoms with Crippen LogP contribution in [-0.2, 0) is 6.42 Å². The molecule has 0 radical (unpaired) electrons. The highest BCUT2D eigenvalue weighted by Gasteiger charge is 2.11. The molecule has 86 valence electrons. The minimum absolute atomic E-state index is 0.239. The minimum Gasteiger partial charge on any atom is -0.461 e. The highest BCUT2D eigenvalue weighted by molar-refractivity contribution is 5.60. The predicted molar refractivity (Wildman–Crippen MR) is 62.1 cm³/mol. The Hall–Kier alpha value is -1.32. The van der Waals surface area contributed by atoms with Crippen molar-refractivity contribution in [2.45, 2.75) is 25.6 Å². The second-order valence-electron chi connectivity index (χ2n) is 3.92. The number of unbranched alkanes of at least 4 members (excludes halogenated alkanes) is 1. The lowest BCUT2D eigenvalue weighted by Gasteiger charge is -2.17. The van der Waals surface area contributed by atoms with Crippen LogP contribution in [0.2, 0.25) is 0 Å². The van der Waals surface area contributed by atoms with Gasteiger partial charge in [0.1, 0.15) is 5.75 Å². The van der Waals surface area contributed by atoms with Crippen molar-refractivity contribution in [2.24, 2.45) is 0 Å². The fourth-order valence-corrected chi connectivity index (χ4v) is 1.77. The number of hydrogen-bond acceptors (Lipinski definition) is 3. The first-order chi connectivity index (χ1) is 7.79. The van der Waals surface area contributed by atoms with Crippen LogP contribution in [0.15, 0.2) is 24.3 Å². The standard InChI is InChI=1S/C13H16O3/c14-8-2-1-3-10-4-5-11-6-7-13(15)16-12(11)9-10/h4-7,9,13-15H,1-3,8H2. The van der Waals surface area contributed by atoms with Crippen molar-refractivity contribution in [1.29, 1.82) is 0 Å². The third kappa shape index (κ3) is 2.62. The van der Waals surface area contributed by atoms with E-state index in [0.29, 0.717) is 0 Å². The number of aryl methyl sites for hydroxylation is 1. The van der Waals surface area contributed by atoms with Gasteiger partial charge in [-0.2, -0.15) is 0 Å². The van der Waals surface area contributed by atoms with Gasteiger partial charge in [0.05, 0.1) is 0 Å².